The average molecular weight is 249 g/mol. The minimum absolute atomic E-state index is 0.204. The van der Waals surface area contributed by atoms with E-state index in [1.54, 1.807) is 0 Å². The van der Waals surface area contributed by atoms with Crippen molar-refractivity contribution in [2.24, 2.45) is 5.41 Å². The van der Waals surface area contributed by atoms with E-state index in [0.29, 0.717) is 12.6 Å². The zero-order valence-corrected chi connectivity index (χ0v) is 12.6. The topological polar surface area (TPSA) is 21.3 Å². The van der Waals surface area contributed by atoms with Crippen LogP contribution in [0.2, 0.25) is 0 Å². The summed E-state index contributed by atoms with van der Waals surface area (Å²) in [6.45, 7) is 14.8. The summed E-state index contributed by atoms with van der Waals surface area (Å²) in [5.74, 6) is 0.963. The maximum Gasteiger partial charge on any atom is 0.119 e. The van der Waals surface area contributed by atoms with Crippen molar-refractivity contribution in [2.75, 3.05) is 13.2 Å². The van der Waals surface area contributed by atoms with E-state index in [9.17, 15) is 0 Å². The number of likely N-dealkylation sites (N-methyl/N-ethyl adjacent to an activating group) is 1. The third kappa shape index (κ3) is 4.34. The van der Waals surface area contributed by atoms with E-state index in [-0.39, 0.29) is 5.41 Å². The van der Waals surface area contributed by atoms with Crippen LogP contribution in [0.5, 0.6) is 5.75 Å². The lowest BCUT2D eigenvalue weighted by Gasteiger charge is -2.31. The van der Waals surface area contributed by atoms with Gasteiger partial charge in [-0.25, -0.2) is 0 Å². The first kappa shape index (κ1) is 15.0. The summed E-state index contributed by atoms with van der Waals surface area (Å²) in [5.41, 5.74) is 2.79. The smallest absolute Gasteiger partial charge is 0.119 e. The van der Waals surface area contributed by atoms with Gasteiger partial charge < -0.3 is 10.1 Å². The molecule has 0 aliphatic rings. The van der Waals surface area contributed by atoms with Gasteiger partial charge in [0.1, 0.15) is 12.4 Å². The SMILES string of the molecule is CCNC(COc1ccc(C)c(C)c1)C(C)(C)C. The second-order valence-corrected chi connectivity index (χ2v) is 6.03. The third-order valence-corrected chi connectivity index (χ3v) is 3.39. The predicted molar refractivity (Wildman–Crippen MR) is 78.3 cm³/mol. The summed E-state index contributed by atoms with van der Waals surface area (Å²) >= 11 is 0. The van der Waals surface area contributed by atoms with Gasteiger partial charge in [0, 0.05) is 6.04 Å². The van der Waals surface area contributed by atoms with E-state index >= 15 is 0 Å². The molecule has 1 atom stereocenters. The molecule has 1 unspecified atom stereocenters. The van der Waals surface area contributed by atoms with Crippen molar-refractivity contribution >= 4 is 0 Å². The number of hydrogen-bond donors (Lipinski definition) is 1. The van der Waals surface area contributed by atoms with Gasteiger partial charge >= 0.3 is 0 Å². The number of aryl methyl sites for hydroxylation is 2. The molecule has 0 spiro atoms. The molecule has 0 fully saturated rings. The Morgan fingerprint density at radius 3 is 2.33 bits per heavy atom. The van der Waals surface area contributed by atoms with E-state index < -0.39 is 0 Å². The lowest BCUT2D eigenvalue weighted by atomic mass is 9.87. The number of rotatable bonds is 5. The lowest BCUT2D eigenvalue weighted by molar-refractivity contribution is 0.176. The molecule has 0 heterocycles. The molecule has 18 heavy (non-hydrogen) atoms. The molecule has 2 nitrogen and oxygen atoms in total. The highest BCUT2D eigenvalue weighted by atomic mass is 16.5. The van der Waals surface area contributed by atoms with Gasteiger partial charge in [-0.1, -0.05) is 33.8 Å². The van der Waals surface area contributed by atoms with Gasteiger partial charge in [-0.3, -0.25) is 0 Å². The molecule has 0 aromatic heterocycles. The highest BCUT2D eigenvalue weighted by Gasteiger charge is 2.24. The molecule has 0 saturated heterocycles. The van der Waals surface area contributed by atoms with Gasteiger partial charge in [0.25, 0.3) is 0 Å². The largest absolute Gasteiger partial charge is 0.492 e. The molecule has 1 N–H and O–H groups in total. The number of ether oxygens (including phenoxy) is 1. The minimum atomic E-state index is 0.204. The maximum absolute atomic E-state index is 5.92. The average Bonchev–Trinajstić information content (AvgIpc) is 2.27. The Morgan fingerprint density at radius 1 is 1.17 bits per heavy atom. The Kier molecular flexibility index (Phi) is 5.21. The third-order valence-electron chi connectivity index (χ3n) is 3.39. The van der Waals surface area contributed by atoms with Crippen molar-refractivity contribution in [2.45, 2.75) is 47.6 Å². The first-order chi connectivity index (χ1) is 8.34. The standard InChI is InChI=1S/C16H27NO/c1-7-17-15(16(4,5)6)11-18-14-9-8-12(2)13(3)10-14/h8-10,15,17H,7,11H2,1-6H3. The first-order valence-corrected chi connectivity index (χ1v) is 6.78. The van der Waals surface area contributed by atoms with Crippen LogP contribution in [-0.2, 0) is 0 Å². The van der Waals surface area contributed by atoms with Crippen molar-refractivity contribution in [3.05, 3.63) is 29.3 Å². The first-order valence-electron chi connectivity index (χ1n) is 6.78. The fourth-order valence-electron chi connectivity index (χ4n) is 1.84. The zero-order valence-electron chi connectivity index (χ0n) is 12.6. The zero-order chi connectivity index (χ0) is 13.8. The molecular weight excluding hydrogens is 222 g/mol. The predicted octanol–water partition coefficient (Wildman–Crippen LogP) is 3.71. The van der Waals surface area contributed by atoms with Crippen LogP contribution in [0.25, 0.3) is 0 Å². The minimum Gasteiger partial charge on any atom is -0.492 e. The molecule has 1 aromatic rings. The van der Waals surface area contributed by atoms with E-state index in [1.165, 1.54) is 11.1 Å². The molecule has 0 amide bonds. The lowest BCUT2D eigenvalue weighted by Crippen LogP contribution is -2.44. The van der Waals surface area contributed by atoms with Gasteiger partial charge in [-0.2, -0.15) is 0 Å². The van der Waals surface area contributed by atoms with Crippen molar-refractivity contribution in [3.8, 4) is 5.75 Å². The molecule has 2 heteroatoms. The van der Waals surface area contributed by atoms with Gasteiger partial charge in [0.15, 0.2) is 0 Å². The molecule has 0 aliphatic carbocycles. The van der Waals surface area contributed by atoms with Crippen molar-refractivity contribution in [1.29, 1.82) is 0 Å². The van der Waals surface area contributed by atoms with Crippen molar-refractivity contribution in [1.82, 2.24) is 5.32 Å². The molecule has 0 saturated carbocycles. The second-order valence-electron chi connectivity index (χ2n) is 6.03. The van der Waals surface area contributed by atoms with Gasteiger partial charge in [-0.05, 0) is 49.1 Å². The van der Waals surface area contributed by atoms with Crippen LogP contribution in [-0.4, -0.2) is 19.2 Å². The summed E-state index contributed by atoms with van der Waals surface area (Å²) in [5, 5.41) is 3.49. The number of hydrogen-bond acceptors (Lipinski definition) is 2. The van der Waals surface area contributed by atoms with Crippen molar-refractivity contribution < 1.29 is 4.74 Å². The number of benzene rings is 1. The fourth-order valence-corrected chi connectivity index (χ4v) is 1.84. The Hall–Kier alpha value is -1.02. The van der Waals surface area contributed by atoms with Crippen LogP contribution in [0.1, 0.15) is 38.8 Å². The fraction of sp³-hybridized carbons (Fsp3) is 0.625. The second kappa shape index (κ2) is 6.24. The van der Waals surface area contributed by atoms with Crippen LogP contribution in [0.15, 0.2) is 18.2 Å². The Morgan fingerprint density at radius 2 is 1.83 bits per heavy atom. The van der Waals surface area contributed by atoms with Crippen LogP contribution in [0.4, 0.5) is 0 Å². The van der Waals surface area contributed by atoms with Crippen LogP contribution in [0, 0.1) is 19.3 Å². The number of nitrogens with one attached hydrogen (secondary N) is 1. The molecule has 1 rings (SSSR count). The Labute approximate surface area is 112 Å². The van der Waals surface area contributed by atoms with E-state index in [1.807, 2.05) is 6.07 Å². The van der Waals surface area contributed by atoms with Crippen LogP contribution >= 0.6 is 0 Å². The van der Waals surface area contributed by atoms with Gasteiger partial charge in [0.2, 0.25) is 0 Å². The quantitative estimate of drug-likeness (QED) is 0.859. The summed E-state index contributed by atoms with van der Waals surface area (Å²) in [6, 6.07) is 6.64. The highest BCUT2D eigenvalue weighted by molar-refractivity contribution is 5.33. The maximum atomic E-state index is 5.92. The van der Waals surface area contributed by atoms with Gasteiger partial charge in [-0.15, -0.1) is 0 Å². The van der Waals surface area contributed by atoms with Crippen molar-refractivity contribution in [3.63, 3.8) is 0 Å². The monoisotopic (exact) mass is 249 g/mol. The molecular formula is C16H27NO. The summed E-state index contributed by atoms with van der Waals surface area (Å²) < 4.78 is 5.92. The van der Waals surface area contributed by atoms with Crippen LogP contribution < -0.4 is 10.1 Å². The molecule has 102 valence electrons. The Bertz CT molecular complexity index is 379. The highest BCUT2D eigenvalue weighted by Crippen LogP contribution is 2.22. The van der Waals surface area contributed by atoms with Crippen LogP contribution in [0.3, 0.4) is 0 Å². The molecule has 1 aromatic carbocycles. The normalized spacial score (nSPS) is 13.4. The molecule has 0 radical (unpaired) electrons. The summed E-state index contributed by atoms with van der Waals surface area (Å²) in [4.78, 5) is 0. The summed E-state index contributed by atoms with van der Waals surface area (Å²) in [7, 11) is 0. The van der Waals surface area contributed by atoms with E-state index in [0.717, 1.165) is 12.3 Å². The molecule has 0 aliphatic heterocycles. The molecule has 0 bridgehead atoms. The van der Waals surface area contributed by atoms with E-state index in [4.69, 9.17) is 4.74 Å². The van der Waals surface area contributed by atoms with Gasteiger partial charge in [0.05, 0.1) is 0 Å². The Balaban J connectivity index is 2.64. The summed E-state index contributed by atoms with van der Waals surface area (Å²) in [6.07, 6.45) is 0. The van der Waals surface area contributed by atoms with E-state index in [2.05, 4.69) is 59.0 Å².